The molecular formula is C14H22BrNO. The van der Waals surface area contributed by atoms with E-state index in [0.717, 1.165) is 36.2 Å². The number of hydrogen-bond donors (Lipinski definition) is 1. The fourth-order valence-electron chi connectivity index (χ4n) is 1.81. The van der Waals surface area contributed by atoms with Gasteiger partial charge in [0.1, 0.15) is 5.75 Å². The molecule has 1 N–H and O–H groups in total. The molecule has 0 aliphatic heterocycles. The second kappa shape index (κ2) is 7.72. The van der Waals surface area contributed by atoms with Crippen LogP contribution in [0.3, 0.4) is 0 Å². The van der Waals surface area contributed by atoms with Crippen molar-refractivity contribution in [2.75, 3.05) is 13.2 Å². The van der Waals surface area contributed by atoms with E-state index < -0.39 is 0 Å². The van der Waals surface area contributed by atoms with Crippen LogP contribution < -0.4 is 10.1 Å². The molecule has 0 spiro atoms. The Bertz CT molecular complexity index is 341. The molecule has 3 heteroatoms. The van der Waals surface area contributed by atoms with Crippen LogP contribution in [0.5, 0.6) is 5.75 Å². The highest BCUT2D eigenvalue weighted by Crippen LogP contribution is 2.29. The fraction of sp³-hybridized carbons (Fsp3) is 0.571. The van der Waals surface area contributed by atoms with Crippen molar-refractivity contribution >= 4 is 15.9 Å². The molecule has 0 aliphatic carbocycles. The Morgan fingerprint density at radius 3 is 2.59 bits per heavy atom. The highest BCUT2D eigenvalue weighted by atomic mass is 79.9. The smallest absolute Gasteiger partial charge is 0.133 e. The predicted molar refractivity (Wildman–Crippen MR) is 76.6 cm³/mol. The van der Waals surface area contributed by atoms with Crippen LogP contribution >= 0.6 is 15.9 Å². The van der Waals surface area contributed by atoms with E-state index in [-0.39, 0.29) is 0 Å². The zero-order valence-corrected chi connectivity index (χ0v) is 12.5. The summed E-state index contributed by atoms with van der Waals surface area (Å²) in [5.74, 6) is 0.932. The van der Waals surface area contributed by atoms with Gasteiger partial charge in [0, 0.05) is 6.04 Å². The summed E-state index contributed by atoms with van der Waals surface area (Å²) < 4.78 is 6.69. The number of benzene rings is 1. The van der Waals surface area contributed by atoms with Crippen molar-refractivity contribution in [2.45, 2.75) is 39.7 Å². The van der Waals surface area contributed by atoms with Crippen molar-refractivity contribution in [3.05, 3.63) is 28.2 Å². The third-order valence-corrected chi connectivity index (χ3v) is 3.30. The molecule has 17 heavy (non-hydrogen) atoms. The van der Waals surface area contributed by atoms with Gasteiger partial charge < -0.3 is 10.1 Å². The minimum Gasteiger partial charge on any atom is -0.492 e. The summed E-state index contributed by atoms with van der Waals surface area (Å²) in [6.45, 7) is 8.20. The Hall–Kier alpha value is -0.540. The minimum atomic E-state index is 0.427. The van der Waals surface area contributed by atoms with Crippen LogP contribution in [-0.2, 0) is 0 Å². The van der Waals surface area contributed by atoms with E-state index in [9.17, 15) is 0 Å². The molecule has 0 amide bonds. The average Bonchev–Trinajstić information content (AvgIpc) is 2.34. The summed E-state index contributed by atoms with van der Waals surface area (Å²) in [6.07, 6.45) is 2.12. The molecule has 0 radical (unpaired) electrons. The van der Waals surface area contributed by atoms with Gasteiger partial charge in [-0.2, -0.15) is 0 Å². The summed E-state index contributed by atoms with van der Waals surface area (Å²) in [5.41, 5.74) is 1.31. The van der Waals surface area contributed by atoms with E-state index in [1.807, 2.05) is 0 Å². The van der Waals surface area contributed by atoms with E-state index in [1.165, 1.54) is 5.56 Å². The van der Waals surface area contributed by atoms with Gasteiger partial charge in [0.05, 0.1) is 11.1 Å². The molecule has 1 rings (SSSR count). The van der Waals surface area contributed by atoms with Crippen LogP contribution in [0.1, 0.15) is 45.2 Å². The maximum Gasteiger partial charge on any atom is 0.133 e. The van der Waals surface area contributed by atoms with Gasteiger partial charge in [0.2, 0.25) is 0 Å². The van der Waals surface area contributed by atoms with Crippen LogP contribution in [0, 0.1) is 0 Å². The molecule has 0 bridgehead atoms. The lowest BCUT2D eigenvalue weighted by molar-refractivity contribution is 0.315. The predicted octanol–water partition coefficient (Wildman–Crippen LogP) is 4.30. The van der Waals surface area contributed by atoms with Crippen LogP contribution in [-0.4, -0.2) is 13.2 Å². The van der Waals surface area contributed by atoms with Crippen molar-refractivity contribution in [2.24, 2.45) is 0 Å². The summed E-state index contributed by atoms with van der Waals surface area (Å²) >= 11 is 3.57. The van der Waals surface area contributed by atoms with Crippen molar-refractivity contribution in [3.63, 3.8) is 0 Å². The molecule has 1 aromatic rings. The van der Waals surface area contributed by atoms with Gasteiger partial charge in [-0.1, -0.05) is 26.8 Å². The Morgan fingerprint density at radius 2 is 2.06 bits per heavy atom. The molecule has 96 valence electrons. The lowest BCUT2D eigenvalue weighted by Crippen LogP contribution is -2.20. The van der Waals surface area contributed by atoms with Gasteiger partial charge in [-0.3, -0.25) is 0 Å². The average molecular weight is 300 g/mol. The van der Waals surface area contributed by atoms with Crippen LogP contribution in [0.4, 0.5) is 0 Å². The molecule has 1 aromatic carbocycles. The van der Waals surface area contributed by atoms with E-state index in [4.69, 9.17) is 4.74 Å². The lowest BCUT2D eigenvalue weighted by Gasteiger charge is -2.17. The summed E-state index contributed by atoms with van der Waals surface area (Å²) in [5, 5.41) is 3.48. The first-order chi connectivity index (χ1) is 8.22. The van der Waals surface area contributed by atoms with E-state index in [1.54, 1.807) is 0 Å². The topological polar surface area (TPSA) is 21.3 Å². The summed E-state index contributed by atoms with van der Waals surface area (Å²) in [7, 11) is 0. The summed E-state index contributed by atoms with van der Waals surface area (Å²) in [4.78, 5) is 0. The zero-order valence-electron chi connectivity index (χ0n) is 10.9. The Morgan fingerprint density at radius 1 is 1.29 bits per heavy atom. The standard InChI is InChI=1S/C14H22BrNO/c1-4-9-17-14-8-7-11(10-12(14)15)13(5-2)16-6-3/h7-8,10,13,16H,4-6,9H2,1-3H3. The molecule has 0 saturated heterocycles. The molecule has 1 unspecified atom stereocenters. The molecule has 2 nitrogen and oxygen atoms in total. The number of ether oxygens (including phenoxy) is 1. The molecule has 0 fully saturated rings. The fourth-order valence-corrected chi connectivity index (χ4v) is 2.32. The SMILES string of the molecule is CCCOc1ccc(C(CC)NCC)cc1Br. The van der Waals surface area contributed by atoms with E-state index in [2.05, 4.69) is 60.2 Å². The van der Waals surface area contributed by atoms with Gasteiger partial charge in [-0.15, -0.1) is 0 Å². The van der Waals surface area contributed by atoms with Crippen molar-refractivity contribution in [1.82, 2.24) is 5.32 Å². The maximum atomic E-state index is 5.65. The van der Waals surface area contributed by atoms with Gasteiger partial charge in [0.25, 0.3) is 0 Å². The molecular weight excluding hydrogens is 278 g/mol. The third-order valence-electron chi connectivity index (χ3n) is 2.68. The second-order valence-corrected chi connectivity index (χ2v) is 4.91. The monoisotopic (exact) mass is 299 g/mol. The first kappa shape index (κ1) is 14.5. The number of nitrogens with one attached hydrogen (secondary N) is 1. The van der Waals surface area contributed by atoms with E-state index >= 15 is 0 Å². The maximum absolute atomic E-state index is 5.65. The third kappa shape index (κ3) is 4.32. The highest BCUT2D eigenvalue weighted by molar-refractivity contribution is 9.10. The second-order valence-electron chi connectivity index (χ2n) is 4.06. The first-order valence-electron chi connectivity index (χ1n) is 6.38. The van der Waals surface area contributed by atoms with Gasteiger partial charge in [-0.05, 0) is 53.0 Å². The Kier molecular flexibility index (Phi) is 6.60. The number of halogens is 1. The zero-order chi connectivity index (χ0) is 12.7. The van der Waals surface area contributed by atoms with Crippen LogP contribution in [0.2, 0.25) is 0 Å². The van der Waals surface area contributed by atoms with Crippen LogP contribution in [0.15, 0.2) is 22.7 Å². The highest BCUT2D eigenvalue weighted by Gasteiger charge is 2.10. The van der Waals surface area contributed by atoms with Crippen LogP contribution in [0.25, 0.3) is 0 Å². The number of rotatable bonds is 7. The largest absolute Gasteiger partial charge is 0.492 e. The van der Waals surface area contributed by atoms with Gasteiger partial charge >= 0.3 is 0 Å². The normalized spacial score (nSPS) is 12.5. The molecule has 1 atom stereocenters. The molecule has 0 aromatic heterocycles. The Balaban J connectivity index is 2.79. The first-order valence-corrected chi connectivity index (χ1v) is 7.17. The van der Waals surface area contributed by atoms with E-state index in [0.29, 0.717) is 6.04 Å². The quantitative estimate of drug-likeness (QED) is 0.810. The van der Waals surface area contributed by atoms with Crippen molar-refractivity contribution in [1.29, 1.82) is 0 Å². The molecule has 0 saturated carbocycles. The lowest BCUT2D eigenvalue weighted by atomic mass is 10.0. The summed E-state index contributed by atoms with van der Waals surface area (Å²) in [6, 6.07) is 6.78. The number of hydrogen-bond acceptors (Lipinski definition) is 2. The minimum absolute atomic E-state index is 0.427. The molecule has 0 heterocycles. The van der Waals surface area contributed by atoms with Gasteiger partial charge in [-0.25, -0.2) is 0 Å². The van der Waals surface area contributed by atoms with Crippen molar-refractivity contribution < 1.29 is 4.74 Å². The van der Waals surface area contributed by atoms with Crippen molar-refractivity contribution in [3.8, 4) is 5.75 Å². The van der Waals surface area contributed by atoms with Gasteiger partial charge in [0.15, 0.2) is 0 Å². The Labute approximate surface area is 113 Å². The molecule has 0 aliphatic rings.